The quantitative estimate of drug-likeness (QED) is 0.0987. The zero-order valence-electron chi connectivity index (χ0n) is 36.2. The smallest absolute Gasteiger partial charge is 0.261 e. The van der Waals surface area contributed by atoms with Crippen molar-refractivity contribution >= 4 is 164 Å². The molecule has 16 rings (SSSR count). The van der Waals surface area contributed by atoms with Gasteiger partial charge in [0.15, 0.2) is 0 Å². The summed E-state index contributed by atoms with van der Waals surface area (Å²) in [5, 5.41) is 29.2. The fourth-order valence-electron chi connectivity index (χ4n) is 13.4. The van der Waals surface area contributed by atoms with Gasteiger partial charge in [0.2, 0.25) is 0 Å². The number of nitrogens with zero attached hydrogens (tertiary/aromatic N) is 2. The second-order valence-corrected chi connectivity index (χ2v) is 19.5. The standard InChI is InChI=1S/C60H34N2O4/c1-25(2)61-57(63)43-21-17-39-35-13-9-31-27-5-7-29-33-11-15-37-41-19-23-45-56-46(60(66)62(26(3)4)59(45)65)24-20-42(54(41)56)38-16-12-34(50(33)52(37)38)30-8-6-28(47(27)48(29)30)32-10-14-36(51(35)49(31)32)40-18-22-44(58(61)64)55(43)53(39)40/h5-26H,1-4H3. The number of hydrogen-bond donors (Lipinski definition) is 0. The van der Waals surface area contributed by atoms with Crippen molar-refractivity contribution in [3.63, 3.8) is 0 Å². The molecule has 308 valence electrons. The maximum Gasteiger partial charge on any atom is 0.261 e. The van der Waals surface area contributed by atoms with Crippen molar-refractivity contribution < 1.29 is 19.2 Å². The Balaban J connectivity index is 0.989. The summed E-state index contributed by atoms with van der Waals surface area (Å²) >= 11 is 0. The van der Waals surface area contributed by atoms with Crippen molar-refractivity contribution in [1.82, 2.24) is 9.80 Å². The fourth-order valence-corrected chi connectivity index (χ4v) is 13.4. The third-order valence-electron chi connectivity index (χ3n) is 16.0. The molecule has 14 aromatic rings. The Kier molecular flexibility index (Phi) is 5.95. The Hall–Kier alpha value is -8.22. The number of carbonyl (C=O) groups is 4. The molecule has 0 atom stereocenters. The fraction of sp³-hybridized carbons (Fsp3) is 0.100. The summed E-state index contributed by atoms with van der Waals surface area (Å²) < 4.78 is 0. The molecule has 0 spiro atoms. The van der Waals surface area contributed by atoms with Crippen LogP contribution in [0.2, 0.25) is 0 Å². The van der Waals surface area contributed by atoms with Gasteiger partial charge in [0.1, 0.15) is 0 Å². The molecule has 0 saturated carbocycles. The maximum absolute atomic E-state index is 13.8. The molecule has 66 heavy (non-hydrogen) atoms. The van der Waals surface area contributed by atoms with E-state index in [1.807, 2.05) is 52.0 Å². The number of amides is 4. The molecule has 0 radical (unpaired) electrons. The highest BCUT2D eigenvalue weighted by Gasteiger charge is 2.37. The number of hydrogen-bond acceptors (Lipinski definition) is 4. The van der Waals surface area contributed by atoms with E-state index >= 15 is 0 Å². The number of benzene rings is 14. The summed E-state index contributed by atoms with van der Waals surface area (Å²) in [5.41, 5.74) is 2.34. The van der Waals surface area contributed by atoms with Crippen LogP contribution in [0.15, 0.2) is 121 Å². The summed E-state index contributed by atoms with van der Waals surface area (Å²) in [4.78, 5) is 58.1. The van der Waals surface area contributed by atoms with Crippen LogP contribution in [0.3, 0.4) is 0 Å². The van der Waals surface area contributed by atoms with Gasteiger partial charge in [-0.2, -0.15) is 0 Å². The van der Waals surface area contributed by atoms with Gasteiger partial charge in [0.25, 0.3) is 23.6 Å². The van der Waals surface area contributed by atoms with E-state index in [0.717, 1.165) is 64.6 Å². The summed E-state index contributed by atoms with van der Waals surface area (Å²) in [6, 6.07) is 43.0. The van der Waals surface area contributed by atoms with Gasteiger partial charge >= 0.3 is 0 Å². The number of imide groups is 2. The van der Waals surface area contributed by atoms with Gasteiger partial charge in [-0.25, -0.2) is 0 Å². The maximum atomic E-state index is 13.8. The molecule has 0 fully saturated rings. The van der Waals surface area contributed by atoms with E-state index in [0.29, 0.717) is 22.3 Å². The van der Waals surface area contributed by atoms with Crippen LogP contribution in [0, 0.1) is 0 Å². The number of carbonyl (C=O) groups excluding carboxylic acids is 4. The minimum absolute atomic E-state index is 0.233. The van der Waals surface area contributed by atoms with Crippen molar-refractivity contribution in [3.8, 4) is 0 Å². The second-order valence-electron chi connectivity index (χ2n) is 19.5. The molecule has 14 aromatic carbocycles. The average Bonchev–Trinajstić information content (AvgIpc) is 3.32. The molecule has 0 bridgehead atoms. The zero-order valence-corrected chi connectivity index (χ0v) is 36.2. The summed E-state index contributed by atoms with van der Waals surface area (Å²) in [7, 11) is 0. The highest BCUT2D eigenvalue weighted by molar-refractivity contribution is 6.49. The molecule has 2 aliphatic heterocycles. The Morgan fingerprint density at radius 1 is 0.227 bits per heavy atom. The Morgan fingerprint density at radius 3 is 0.515 bits per heavy atom. The Labute approximate surface area is 374 Å². The lowest BCUT2D eigenvalue weighted by atomic mass is 9.79. The second kappa shape index (κ2) is 11.2. The minimum atomic E-state index is -0.244. The monoisotopic (exact) mass is 846 g/mol. The molecule has 0 aliphatic carbocycles. The minimum Gasteiger partial charge on any atom is -0.272 e. The van der Waals surface area contributed by atoms with E-state index in [-0.39, 0.29) is 35.7 Å². The first kappa shape index (κ1) is 35.2. The lowest BCUT2D eigenvalue weighted by Gasteiger charge is -2.31. The molecule has 0 N–H and O–H groups in total. The van der Waals surface area contributed by atoms with E-state index in [1.165, 1.54) is 85.2 Å². The first-order chi connectivity index (χ1) is 32.1. The van der Waals surface area contributed by atoms with Crippen LogP contribution in [0.4, 0.5) is 0 Å². The van der Waals surface area contributed by atoms with Crippen molar-refractivity contribution in [2.45, 2.75) is 39.8 Å². The SMILES string of the molecule is CC(C)N1C(=O)c2ccc3c4ccc5c6ccc7c8ccc9c%10ccc%11c%12c(ccc(c%13ccc(c%14ccc(c%15ccc(c%16ccc(c2c3%16)C1=O)c4c5%15)c6c7%14)c8c9%13)c%12%10)C(=O)N(C(C)C)C%11=O. The first-order valence-corrected chi connectivity index (χ1v) is 22.9. The number of fused-ring (bicyclic) bond motifs is 8. The summed E-state index contributed by atoms with van der Waals surface area (Å²) in [6.07, 6.45) is 0. The van der Waals surface area contributed by atoms with Gasteiger partial charge in [0, 0.05) is 45.1 Å². The molecule has 6 heteroatoms. The van der Waals surface area contributed by atoms with Gasteiger partial charge in [-0.1, -0.05) is 97.1 Å². The molecular weight excluding hydrogens is 813 g/mol. The van der Waals surface area contributed by atoms with E-state index in [9.17, 15) is 19.2 Å². The Morgan fingerprint density at radius 2 is 0.364 bits per heavy atom. The molecule has 2 aliphatic rings. The van der Waals surface area contributed by atoms with Crippen molar-refractivity contribution in [2.75, 3.05) is 0 Å². The molecular formula is C60H34N2O4. The highest BCUT2D eigenvalue weighted by Crippen LogP contribution is 2.53. The third-order valence-corrected chi connectivity index (χ3v) is 16.0. The third kappa shape index (κ3) is 3.66. The van der Waals surface area contributed by atoms with Crippen LogP contribution in [0.5, 0.6) is 0 Å². The predicted octanol–water partition coefficient (Wildman–Crippen LogP) is 14.4. The van der Waals surface area contributed by atoms with Gasteiger partial charge in [-0.05, 0) is 181 Å². The highest BCUT2D eigenvalue weighted by atomic mass is 16.2. The van der Waals surface area contributed by atoms with Crippen LogP contribution < -0.4 is 0 Å². The number of rotatable bonds is 2. The summed E-state index contributed by atoms with van der Waals surface area (Å²) in [6.45, 7) is 7.55. The zero-order chi connectivity index (χ0) is 44.1. The molecule has 0 aromatic heterocycles. The van der Waals surface area contributed by atoms with Crippen LogP contribution in [-0.2, 0) is 0 Å². The van der Waals surface area contributed by atoms with Crippen LogP contribution >= 0.6 is 0 Å². The molecule has 0 unspecified atom stereocenters. The Bertz CT molecular complexity index is 4160. The molecule has 6 nitrogen and oxygen atoms in total. The molecule has 4 amide bonds. The predicted molar refractivity (Wildman–Crippen MR) is 270 cm³/mol. The van der Waals surface area contributed by atoms with Gasteiger partial charge in [-0.15, -0.1) is 0 Å². The average molecular weight is 847 g/mol. The van der Waals surface area contributed by atoms with Gasteiger partial charge < -0.3 is 0 Å². The largest absolute Gasteiger partial charge is 0.272 e. The van der Waals surface area contributed by atoms with E-state index in [4.69, 9.17) is 0 Å². The molecule has 0 saturated heterocycles. The first-order valence-electron chi connectivity index (χ1n) is 22.9. The van der Waals surface area contributed by atoms with Crippen molar-refractivity contribution in [2.24, 2.45) is 0 Å². The van der Waals surface area contributed by atoms with Crippen LogP contribution in [-0.4, -0.2) is 45.5 Å². The topological polar surface area (TPSA) is 74.8 Å². The van der Waals surface area contributed by atoms with E-state index < -0.39 is 0 Å². The van der Waals surface area contributed by atoms with E-state index in [2.05, 4.69) is 97.1 Å². The normalized spacial score (nSPS) is 15.0. The lowest BCUT2D eigenvalue weighted by molar-refractivity contribution is 0.0547. The van der Waals surface area contributed by atoms with Crippen molar-refractivity contribution in [1.29, 1.82) is 0 Å². The summed E-state index contributed by atoms with van der Waals surface area (Å²) in [5.74, 6) is -0.932. The van der Waals surface area contributed by atoms with Crippen LogP contribution in [0.25, 0.3) is 140 Å². The van der Waals surface area contributed by atoms with Crippen molar-refractivity contribution in [3.05, 3.63) is 144 Å². The lowest BCUT2D eigenvalue weighted by Crippen LogP contribution is -2.44. The van der Waals surface area contributed by atoms with Gasteiger partial charge in [-0.3, -0.25) is 29.0 Å². The molecule has 2 heterocycles. The van der Waals surface area contributed by atoms with Gasteiger partial charge in [0.05, 0.1) is 0 Å². The van der Waals surface area contributed by atoms with Crippen LogP contribution in [0.1, 0.15) is 69.1 Å². The van der Waals surface area contributed by atoms with E-state index in [1.54, 1.807) is 0 Å².